The van der Waals surface area contributed by atoms with Crippen molar-refractivity contribution in [3.63, 3.8) is 0 Å². The van der Waals surface area contributed by atoms with Crippen molar-refractivity contribution in [3.05, 3.63) is 0 Å². The molecule has 0 bridgehead atoms. The Balaban J connectivity index is 2.18. The summed E-state index contributed by atoms with van der Waals surface area (Å²) in [7, 11) is 0. The van der Waals surface area contributed by atoms with Crippen LogP contribution in [0.5, 0.6) is 0 Å². The molecule has 86 valence electrons. The Kier molecular flexibility index (Phi) is 5.32. The highest BCUT2D eigenvalue weighted by Crippen LogP contribution is 2.13. The van der Waals surface area contributed by atoms with E-state index in [1.54, 1.807) is 0 Å². The molecule has 2 N–H and O–H groups in total. The molecule has 0 atom stereocenters. The molecular formula is C11H20N2O2. The predicted molar refractivity (Wildman–Crippen MR) is 58.1 cm³/mol. The van der Waals surface area contributed by atoms with Gasteiger partial charge in [-0.05, 0) is 25.8 Å². The van der Waals surface area contributed by atoms with Gasteiger partial charge in [0.2, 0.25) is 11.8 Å². The first-order chi connectivity index (χ1) is 7.25. The molecule has 15 heavy (non-hydrogen) atoms. The molecule has 1 rings (SSSR count). The Labute approximate surface area is 90.8 Å². The summed E-state index contributed by atoms with van der Waals surface area (Å²) >= 11 is 0. The molecule has 1 fully saturated rings. The molecule has 1 heterocycles. The summed E-state index contributed by atoms with van der Waals surface area (Å²) in [5.41, 5.74) is 5.38. The van der Waals surface area contributed by atoms with Gasteiger partial charge < -0.3 is 5.73 Å². The zero-order valence-corrected chi connectivity index (χ0v) is 9.21. The zero-order chi connectivity index (χ0) is 11.1. The Hall–Kier alpha value is -0.900. The number of likely N-dealkylation sites (tertiary alicyclic amines) is 1. The topological polar surface area (TPSA) is 63.4 Å². The Morgan fingerprint density at radius 3 is 2.20 bits per heavy atom. The maximum Gasteiger partial charge on any atom is 0.229 e. The first-order valence-corrected chi connectivity index (χ1v) is 5.79. The van der Waals surface area contributed by atoms with Crippen LogP contribution in [0.3, 0.4) is 0 Å². The van der Waals surface area contributed by atoms with Crippen molar-refractivity contribution in [2.24, 2.45) is 5.73 Å². The number of nitrogens with two attached hydrogens (primary N) is 1. The van der Waals surface area contributed by atoms with Gasteiger partial charge in [-0.2, -0.15) is 0 Å². The summed E-state index contributed by atoms with van der Waals surface area (Å²) < 4.78 is 0. The second-order valence-corrected chi connectivity index (χ2v) is 4.00. The lowest BCUT2D eigenvalue weighted by molar-refractivity contribution is -0.147. The van der Waals surface area contributed by atoms with Gasteiger partial charge in [-0.25, -0.2) is 0 Å². The first kappa shape index (κ1) is 12.2. The van der Waals surface area contributed by atoms with Gasteiger partial charge in [-0.3, -0.25) is 14.5 Å². The van der Waals surface area contributed by atoms with Crippen LogP contribution in [0.4, 0.5) is 0 Å². The van der Waals surface area contributed by atoms with Crippen molar-refractivity contribution in [1.82, 2.24) is 4.90 Å². The SMILES string of the molecule is NCCCCCCN1C(=O)CCCC1=O. The largest absolute Gasteiger partial charge is 0.330 e. The minimum atomic E-state index is 0.00470. The molecule has 1 aliphatic heterocycles. The van der Waals surface area contributed by atoms with E-state index in [-0.39, 0.29) is 11.8 Å². The highest BCUT2D eigenvalue weighted by atomic mass is 16.2. The molecule has 0 unspecified atom stereocenters. The third kappa shape index (κ3) is 4.00. The minimum Gasteiger partial charge on any atom is -0.330 e. The first-order valence-electron chi connectivity index (χ1n) is 5.79. The summed E-state index contributed by atoms with van der Waals surface area (Å²) in [5.74, 6) is 0.00940. The van der Waals surface area contributed by atoms with E-state index in [9.17, 15) is 9.59 Å². The van der Waals surface area contributed by atoms with E-state index in [1.807, 2.05) is 0 Å². The van der Waals surface area contributed by atoms with Crippen molar-refractivity contribution in [1.29, 1.82) is 0 Å². The molecule has 0 aliphatic carbocycles. The van der Waals surface area contributed by atoms with Crippen LogP contribution in [0, 0.1) is 0 Å². The number of hydrogen-bond acceptors (Lipinski definition) is 3. The highest BCUT2D eigenvalue weighted by Gasteiger charge is 2.24. The van der Waals surface area contributed by atoms with Crippen molar-refractivity contribution in [2.75, 3.05) is 13.1 Å². The molecule has 2 amide bonds. The molecule has 1 saturated heterocycles. The number of unbranched alkanes of at least 4 members (excludes halogenated alkanes) is 3. The van der Waals surface area contributed by atoms with Gasteiger partial charge in [0.15, 0.2) is 0 Å². The smallest absolute Gasteiger partial charge is 0.229 e. The molecule has 0 aromatic carbocycles. The maximum absolute atomic E-state index is 11.4. The van der Waals surface area contributed by atoms with Crippen LogP contribution < -0.4 is 5.73 Å². The molecule has 4 heteroatoms. The van der Waals surface area contributed by atoms with Crippen molar-refractivity contribution < 1.29 is 9.59 Å². The number of piperidine rings is 1. The van der Waals surface area contributed by atoms with Gasteiger partial charge in [0.25, 0.3) is 0 Å². The Bertz CT molecular complexity index is 213. The number of carbonyl (C=O) groups excluding carboxylic acids is 2. The van der Waals surface area contributed by atoms with E-state index in [2.05, 4.69) is 0 Å². The minimum absolute atomic E-state index is 0.00470. The second kappa shape index (κ2) is 6.56. The van der Waals surface area contributed by atoms with Crippen LogP contribution in [0.1, 0.15) is 44.9 Å². The van der Waals surface area contributed by atoms with E-state index < -0.39 is 0 Å². The average molecular weight is 212 g/mol. The summed E-state index contributed by atoms with van der Waals surface area (Å²) in [5, 5.41) is 0. The van der Waals surface area contributed by atoms with E-state index in [0.717, 1.165) is 38.6 Å². The third-order valence-corrected chi connectivity index (χ3v) is 2.72. The lowest BCUT2D eigenvalue weighted by atomic mass is 10.1. The van der Waals surface area contributed by atoms with Crippen LogP contribution in [0.25, 0.3) is 0 Å². The van der Waals surface area contributed by atoms with Crippen molar-refractivity contribution in [2.45, 2.75) is 44.9 Å². The Morgan fingerprint density at radius 2 is 1.60 bits per heavy atom. The van der Waals surface area contributed by atoms with Crippen LogP contribution in [0.15, 0.2) is 0 Å². The van der Waals surface area contributed by atoms with Crippen LogP contribution in [-0.4, -0.2) is 29.8 Å². The molecule has 1 aliphatic rings. The number of amides is 2. The third-order valence-electron chi connectivity index (χ3n) is 2.72. The lowest BCUT2D eigenvalue weighted by Gasteiger charge is -2.24. The van der Waals surface area contributed by atoms with Crippen LogP contribution >= 0.6 is 0 Å². The molecule has 0 radical (unpaired) electrons. The van der Waals surface area contributed by atoms with Crippen LogP contribution in [0.2, 0.25) is 0 Å². The summed E-state index contributed by atoms with van der Waals surface area (Å²) in [4.78, 5) is 24.2. The van der Waals surface area contributed by atoms with E-state index >= 15 is 0 Å². The number of nitrogens with zero attached hydrogens (tertiary/aromatic N) is 1. The molecular weight excluding hydrogens is 192 g/mol. The lowest BCUT2D eigenvalue weighted by Crippen LogP contribution is -2.40. The standard InChI is InChI=1S/C11H20N2O2/c12-8-3-1-2-4-9-13-10(14)6-5-7-11(13)15/h1-9,12H2. The van der Waals surface area contributed by atoms with E-state index in [4.69, 9.17) is 5.73 Å². The van der Waals surface area contributed by atoms with Crippen molar-refractivity contribution in [3.8, 4) is 0 Å². The maximum atomic E-state index is 11.4. The number of imide groups is 1. The van der Waals surface area contributed by atoms with E-state index in [0.29, 0.717) is 19.4 Å². The van der Waals surface area contributed by atoms with Gasteiger partial charge >= 0.3 is 0 Å². The fourth-order valence-corrected chi connectivity index (χ4v) is 1.82. The van der Waals surface area contributed by atoms with E-state index in [1.165, 1.54) is 4.90 Å². The molecule has 0 spiro atoms. The average Bonchev–Trinajstić information content (AvgIpc) is 2.21. The summed E-state index contributed by atoms with van der Waals surface area (Å²) in [6, 6.07) is 0. The fourth-order valence-electron chi connectivity index (χ4n) is 1.82. The molecule has 0 saturated carbocycles. The summed E-state index contributed by atoms with van der Waals surface area (Å²) in [6.07, 6.45) is 5.88. The molecule has 0 aromatic rings. The highest BCUT2D eigenvalue weighted by molar-refractivity contribution is 5.97. The van der Waals surface area contributed by atoms with Gasteiger partial charge in [0.1, 0.15) is 0 Å². The molecule has 0 aromatic heterocycles. The number of carbonyl (C=O) groups is 2. The second-order valence-electron chi connectivity index (χ2n) is 4.00. The summed E-state index contributed by atoms with van der Waals surface area (Å²) in [6.45, 7) is 1.32. The monoisotopic (exact) mass is 212 g/mol. The van der Waals surface area contributed by atoms with Gasteiger partial charge in [-0.15, -0.1) is 0 Å². The quantitative estimate of drug-likeness (QED) is 0.528. The Morgan fingerprint density at radius 1 is 1.00 bits per heavy atom. The zero-order valence-electron chi connectivity index (χ0n) is 9.21. The normalized spacial score (nSPS) is 17.3. The number of hydrogen-bond donors (Lipinski definition) is 1. The predicted octanol–water partition coefficient (Wildman–Crippen LogP) is 1.04. The molecule has 4 nitrogen and oxygen atoms in total. The van der Waals surface area contributed by atoms with Crippen LogP contribution in [-0.2, 0) is 9.59 Å². The van der Waals surface area contributed by atoms with Gasteiger partial charge in [-0.1, -0.05) is 12.8 Å². The van der Waals surface area contributed by atoms with Crippen molar-refractivity contribution >= 4 is 11.8 Å². The van der Waals surface area contributed by atoms with Gasteiger partial charge in [0, 0.05) is 19.4 Å². The van der Waals surface area contributed by atoms with Gasteiger partial charge in [0.05, 0.1) is 0 Å². The number of rotatable bonds is 6. The fraction of sp³-hybridized carbons (Fsp3) is 0.818.